The second-order valence-electron chi connectivity index (χ2n) is 4.84. The van der Waals surface area contributed by atoms with E-state index in [2.05, 4.69) is 27.2 Å². The number of hydrogen-bond acceptors (Lipinski definition) is 3. The largest absolute Gasteiger partial charge is 0.357 e. The normalized spacial score (nSPS) is 10.7. The van der Waals surface area contributed by atoms with Gasteiger partial charge in [-0.1, -0.05) is 11.6 Å². The van der Waals surface area contributed by atoms with Gasteiger partial charge < -0.3 is 16.0 Å². The minimum atomic E-state index is -0.0112. The Labute approximate surface area is 170 Å². The van der Waals surface area contributed by atoms with Crippen LogP contribution in [0.3, 0.4) is 0 Å². The summed E-state index contributed by atoms with van der Waals surface area (Å²) in [5, 5.41) is 9.95. The topological polar surface area (TPSA) is 65.5 Å². The second kappa shape index (κ2) is 14.7. The van der Waals surface area contributed by atoms with Crippen molar-refractivity contribution in [1.82, 2.24) is 10.6 Å². The Balaban J connectivity index is 0.00000529. The SMILES string of the molecule is CCNC(=NCCCC(=O)Nc1ccc(Cl)cc1)NCCSC.I. The molecule has 0 unspecified atom stereocenters. The van der Waals surface area contributed by atoms with Crippen LogP contribution in [-0.2, 0) is 4.79 Å². The van der Waals surface area contributed by atoms with Crippen LogP contribution in [0.4, 0.5) is 5.69 Å². The molecular weight excluding hydrogens is 459 g/mol. The highest BCUT2D eigenvalue weighted by Crippen LogP contribution is 2.13. The zero-order valence-corrected chi connectivity index (χ0v) is 18.0. The summed E-state index contributed by atoms with van der Waals surface area (Å²) in [7, 11) is 0. The van der Waals surface area contributed by atoms with Gasteiger partial charge in [0.05, 0.1) is 0 Å². The Morgan fingerprint density at radius 2 is 1.96 bits per heavy atom. The average Bonchev–Trinajstić information content (AvgIpc) is 2.54. The first kappa shape index (κ1) is 23.3. The number of anilines is 1. The summed E-state index contributed by atoms with van der Waals surface area (Å²) in [5.74, 6) is 1.83. The van der Waals surface area contributed by atoms with Gasteiger partial charge in [0.25, 0.3) is 0 Å². The first-order valence-electron chi connectivity index (χ1n) is 7.72. The zero-order chi connectivity index (χ0) is 16.9. The highest BCUT2D eigenvalue weighted by molar-refractivity contribution is 14.0. The summed E-state index contributed by atoms with van der Waals surface area (Å²) >= 11 is 7.60. The average molecular weight is 485 g/mol. The number of guanidine groups is 1. The van der Waals surface area contributed by atoms with E-state index in [1.165, 1.54) is 0 Å². The third-order valence-electron chi connectivity index (χ3n) is 2.90. The first-order chi connectivity index (χ1) is 11.2. The van der Waals surface area contributed by atoms with Gasteiger partial charge in [0.15, 0.2) is 5.96 Å². The fourth-order valence-corrected chi connectivity index (χ4v) is 2.23. The molecule has 0 aromatic heterocycles. The Morgan fingerprint density at radius 1 is 1.25 bits per heavy atom. The molecule has 1 rings (SSSR count). The lowest BCUT2D eigenvalue weighted by molar-refractivity contribution is -0.116. The summed E-state index contributed by atoms with van der Waals surface area (Å²) in [5.41, 5.74) is 0.759. The maximum atomic E-state index is 11.9. The number of hydrogen-bond donors (Lipinski definition) is 3. The van der Waals surface area contributed by atoms with Crippen molar-refractivity contribution in [3.63, 3.8) is 0 Å². The predicted molar refractivity (Wildman–Crippen MR) is 117 cm³/mol. The van der Waals surface area contributed by atoms with Gasteiger partial charge >= 0.3 is 0 Å². The standard InChI is InChI=1S/C16H25ClN4OS.HI/c1-3-18-16(20-11-12-23-2)19-10-4-5-15(22)21-14-8-6-13(17)7-9-14;/h6-9H,3-5,10-12H2,1-2H3,(H,21,22)(H2,18,19,20);1H. The summed E-state index contributed by atoms with van der Waals surface area (Å²) in [4.78, 5) is 16.3. The fourth-order valence-electron chi connectivity index (χ4n) is 1.80. The van der Waals surface area contributed by atoms with Crippen molar-refractivity contribution in [2.24, 2.45) is 4.99 Å². The fraction of sp³-hybridized carbons (Fsp3) is 0.500. The number of halogens is 2. The number of aliphatic imine (C=N–C) groups is 1. The molecule has 1 amide bonds. The lowest BCUT2D eigenvalue weighted by Crippen LogP contribution is -2.38. The number of amides is 1. The van der Waals surface area contributed by atoms with Crippen LogP contribution in [0.15, 0.2) is 29.3 Å². The molecule has 0 bridgehead atoms. The molecule has 0 saturated heterocycles. The number of carbonyl (C=O) groups is 1. The minimum absolute atomic E-state index is 0. The van der Waals surface area contributed by atoms with Crippen LogP contribution in [0, 0.1) is 0 Å². The van der Waals surface area contributed by atoms with Crippen molar-refractivity contribution >= 4 is 64.9 Å². The van der Waals surface area contributed by atoms with Crippen molar-refractivity contribution in [3.8, 4) is 0 Å². The molecule has 0 spiro atoms. The van der Waals surface area contributed by atoms with Crippen LogP contribution in [-0.4, -0.2) is 43.5 Å². The van der Waals surface area contributed by atoms with Crippen LogP contribution in [0.5, 0.6) is 0 Å². The first-order valence-corrected chi connectivity index (χ1v) is 9.49. The second-order valence-corrected chi connectivity index (χ2v) is 6.26. The summed E-state index contributed by atoms with van der Waals surface area (Å²) in [6, 6.07) is 7.09. The van der Waals surface area contributed by atoms with E-state index in [1.807, 2.05) is 6.92 Å². The van der Waals surface area contributed by atoms with Crippen LogP contribution in [0.1, 0.15) is 19.8 Å². The van der Waals surface area contributed by atoms with E-state index in [0.29, 0.717) is 24.4 Å². The lowest BCUT2D eigenvalue weighted by Gasteiger charge is -2.10. The van der Waals surface area contributed by atoms with Crippen LogP contribution in [0.2, 0.25) is 5.02 Å². The van der Waals surface area contributed by atoms with Gasteiger partial charge in [-0.25, -0.2) is 0 Å². The molecule has 0 radical (unpaired) electrons. The molecule has 1 aromatic carbocycles. The molecule has 1 aromatic rings. The van der Waals surface area contributed by atoms with Gasteiger partial charge in [0.2, 0.25) is 5.91 Å². The van der Waals surface area contributed by atoms with E-state index in [4.69, 9.17) is 11.6 Å². The number of carbonyl (C=O) groups excluding carboxylic acids is 1. The van der Waals surface area contributed by atoms with Gasteiger partial charge in [-0.2, -0.15) is 11.8 Å². The molecule has 5 nitrogen and oxygen atoms in total. The third-order valence-corrected chi connectivity index (χ3v) is 3.77. The monoisotopic (exact) mass is 484 g/mol. The Bertz CT molecular complexity index is 499. The molecule has 0 atom stereocenters. The van der Waals surface area contributed by atoms with E-state index in [0.717, 1.165) is 30.5 Å². The van der Waals surface area contributed by atoms with E-state index in [-0.39, 0.29) is 29.9 Å². The Hall–Kier alpha value is -0.670. The molecule has 8 heteroatoms. The Morgan fingerprint density at radius 3 is 2.58 bits per heavy atom. The van der Waals surface area contributed by atoms with Gasteiger partial charge in [-0.05, 0) is 43.9 Å². The third kappa shape index (κ3) is 11.0. The lowest BCUT2D eigenvalue weighted by atomic mass is 10.2. The van der Waals surface area contributed by atoms with Gasteiger partial charge in [-0.3, -0.25) is 9.79 Å². The number of nitrogens with zero attached hydrogens (tertiary/aromatic N) is 1. The molecule has 0 heterocycles. The van der Waals surface area contributed by atoms with Crippen LogP contribution < -0.4 is 16.0 Å². The molecule has 0 aliphatic carbocycles. The molecule has 136 valence electrons. The van der Waals surface area contributed by atoms with E-state index < -0.39 is 0 Å². The van der Waals surface area contributed by atoms with Crippen molar-refractivity contribution in [1.29, 1.82) is 0 Å². The number of benzene rings is 1. The van der Waals surface area contributed by atoms with E-state index in [1.54, 1.807) is 36.0 Å². The maximum Gasteiger partial charge on any atom is 0.224 e. The van der Waals surface area contributed by atoms with Crippen LogP contribution >= 0.6 is 47.3 Å². The summed E-state index contributed by atoms with van der Waals surface area (Å²) < 4.78 is 0. The summed E-state index contributed by atoms with van der Waals surface area (Å²) in [6.45, 7) is 4.35. The molecule has 0 aliphatic heterocycles. The molecule has 0 aliphatic rings. The summed E-state index contributed by atoms with van der Waals surface area (Å²) in [6.07, 6.45) is 3.22. The molecular formula is C16H26ClIN4OS. The highest BCUT2D eigenvalue weighted by Gasteiger charge is 2.02. The smallest absolute Gasteiger partial charge is 0.224 e. The number of thioether (sulfide) groups is 1. The Kier molecular flexibility index (Phi) is 14.2. The van der Waals surface area contributed by atoms with E-state index in [9.17, 15) is 4.79 Å². The molecule has 0 fully saturated rings. The van der Waals surface area contributed by atoms with Crippen molar-refractivity contribution in [2.45, 2.75) is 19.8 Å². The number of nitrogens with one attached hydrogen (secondary N) is 3. The molecule has 3 N–H and O–H groups in total. The van der Waals surface area contributed by atoms with Gasteiger partial charge in [0, 0.05) is 42.5 Å². The zero-order valence-electron chi connectivity index (χ0n) is 14.1. The highest BCUT2D eigenvalue weighted by atomic mass is 127. The van der Waals surface area contributed by atoms with Crippen molar-refractivity contribution in [3.05, 3.63) is 29.3 Å². The van der Waals surface area contributed by atoms with E-state index >= 15 is 0 Å². The maximum absolute atomic E-state index is 11.9. The minimum Gasteiger partial charge on any atom is -0.357 e. The van der Waals surface area contributed by atoms with Crippen molar-refractivity contribution < 1.29 is 4.79 Å². The molecule has 0 saturated carbocycles. The van der Waals surface area contributed by atoms with Gasteiger partial charge in [0.1, 0.15) is 0 Å². The van der Waals surface area contributed by atoms with Gasteiger partial charge in [-0.15, -0.1) is 24.0 Å². The van der Waals surface area contributed by atoms with Crippen LogP contribution in [0.25, 0.3) is 0 Å². The van der Waals surface area contributed by atoms with Crippen molar-refractivity contribution in [2.75, 3.05) is 37.0 Å². The quantitative estimate of drug-likeness (QED) is 0.217. The number of rotatable bonds is 9. The molecule has 24 heavy (non-hydrogen) atoms. The predicted octanol–water partition coefficient (Wildman–Crippen LogP) is 3.59.